The Hall–Kier alpha value is -1.54. The molecule has 11 nitrogen and oxygen atoms in total. The molecule has 0 spiro atoms. The summed E-state index contributed by atoms with van der Waals surface area (Å²) in [4.78, 5) is 28.7. The Morgan fingerprint density at radius 1 is 1.06 bits per heavy atom. The highest BCUT2D eigenvalue weighted by Crippen LogP contribution is 2.74. The van der Waals surface area contributed by atoms with Crippen LogP contribution < -0.4 is 0 Å². The number of fused-ring (bicyclic) bond motifs is 5. The number of Topliss-reactive ketones (excluding diaryl/α,β-unsaturated/α-hetero) is 2. The van der Waals surface area contributed by atoms with Crippen LogP contribution in [0.3, 0.4) is 0 Å². The molecule has 5 aliphatic rings. The molecule has 1 aliphatic heterocycles. The Bertz CT molecular complexity index is 1320. The van der Waals surface area contributed by atoms with Gasteiger partial charge in [-0.1, -0.05) is 44.1 Å². The molecule has 4 fully saturated rings. The van der Waals surface area contributed by atoms with Gasteiger partial charge in [0, 0.05) is 23.2 Å². The maximum absolute atomic E-state index is 14.7. The maximum atomic E-state index is 14.7. The minimum absolute atomic E-state index is 0.0384. The highest BCUT2D eigenvalue weighted by Gasteiger charge is 2.74. The quantitative estimate of drug-likeness (QED) is 0.195. The second-order valence-corrected chi connectivity index (χ2v) is 16.8. The molecular formula is C36H56O11. The Labute approximate surface area is 277 Å². The number of carbonyl (C=O) groups excluding carboxylic acids is 2. The number of hydrogen-bond donors (Lipinski definition) is 7. The maximum Gasteiger partial charge on any atom is 0.187 e. The Morgan fingerprint density at radius 2 is 1.70 bits per heavy atom. The van der Waals surface area contributed by atoms with Crippen LogP contribution in [0.4, 0.5) is 0 Å². The summed E-state index contributed by atoms with van der Waals surface area (Å²) < 4.78 is 11.7. The molecule has 0 bridgehead atoms. The van der Waals surface area contributed by atoms with E-state index in [-0.39, 0.29) is 36.7 Å². The topological polar surface area (TPSA) is 194 Å². The fourth-order valence-electron chi connectivity index (χ4n) is 10.7. The standard InChI is InChI=1S/C36H56O11/c1-17(2)9-12-24(39)36(8,45)29-20(38)14-33(5)23-11-10-18-19(35(23,7)25(40)15-34(29,33)6)13-21(30(44)32(18,3)4)46-31-28(43)27(42)26(41)22(16-37)47-31/h9-10,19-24,26-29,31,37-39,41-43,45H,11-16H2,1-8H3/t19-,20-,21+,22-,23+,24+,26+,27+,28-,29+,31-,33+,34-,35+,36+/m1/s1. The number of carbonyl (C=O) groups is 2. The number of hydrogen-bond acceptors (Lipinski definition) is 11. The van der Waals surface area contributed by atoms with Crippen molar-refractivity contribution in [2.24, 2.45) is 39.4 Å². The molecule has 7 N–H and O–H groups in total. The van der Waals surface area contributed by atoms with Crippen LogP contribution in [0.15, 0.2) is 23.3 Å². The van der Waals surface area contributed by atoms with Crippen molar-refractivity contribution in [3.63, 3.8) is 0 Å². The van der Waals surface area contributed by atoms with Gasteiger partial charge in [-0.15, -0.1) is 0 Å². The van der Waals surface area contributed by atoms with Crippen LogP contribution in [0.25, 0.3) is 0 Å². The zero-order valence-electron chi connectivity index (χ0n) is 29.0. The van der Waals surface area contributed by atoms with Crippen molar-refractivity contribution in [3.8, 4) is 0 Å². The van der Waals surface area contributed by atoms with Crippen LogP contribution >= 0.6 is 0 Å². The van der Waals surface area contributed by atoms with Gasteiger partial charge < -0.3 is 45.2 Å². The van der Waals surface area contributed by atoms with E-state index in [1.165, 1.54) is 0 Å². The Balaban J connectivity index is 1.50. The van der Waals surface area contributed by atoms with Gasteiger partial charge in [-0.2, -0.15) is 0 Å². The van der Waals surface area contributed by atoms with Gasteiger partial charge in [-0.05, 0) is 83.0 Å². The van der Waals surface area contributed by atoms with Gasteiger partial charge in [0.2, 0.25) is 0 Å². The van der Waals surface area contributed by atoms with E-state index in [0.717, 1.165) is 11.1 Å². The predicted octanol–water partition coefficient (Wildman–Crippen LogP) is 1.57. The molecule has 11 heteroatoms. The SMILES string of the molecule is CC(C)=CC[C@H](O)[C@](C)(O)[C@H]1[C@H](O)C[C@@]2(C)[C@@H]3CC=C4[C@@H](C[C@H](O[C@@H]5O[C@H](CO)[C@H](O)[C@H](O)[C@H]5O)C(=O)C4(C)C)[C@]3(C)C(=O)C[C@]12C. The minimum Gasteiger partial charge on any atom is -0.394 e. The van der Waals surface area contributed by atoms with E-state index >= 15 is 0 Å². The van der Waals surface area contributed by atoms with Crippen molar-refractivity contribution in [3.05, 3.63) is 23.3 Å². The van der Waals surface area contributed by atoms with Gasteiger partial charge in [0.25, 0.3) is 0 Å². The van der Waals surface area contributed by atoms with E-state index in [1.807, 2.05) is 33.8 Å². The molecule has 0 amide bonds. The molecule has 5 rings (SSSR count). The molecule has 0 aromatic rings. The summed E-state index contributed by atoms with van der Waals surface area (Å²) in [5, 5.41) is 75.7. The molecule has 1 heterocycles. The lowest BCUT2D eigenvalue weighted by atomic mass is 9.38. The van der Waals surface area contributed by atoms with E-state index < -0.39 is 94.7 Å². The third-order valence-corrected chi connectivity index (χ3v) is 13.6. The third kappa shape index (κ3) is 5.26. The summed E-state index contributed by atoms with van der Waals surface area (Å²) in [6, 6.07) is 0. The minimum atomic E-state index is -1.68. The summed E-state index contributed by atoms with van der Waals surface area (Å²) in [5.74, 6) is -1.78. The lowest BCUT2D eigenvalue weighted by Crippen LogP contribution is -2.66. The molecule has 1 saturated heterocycles. The highest BCUT2D eigenvalue weighted by molar-refractivity contribution is 5.94. The number of aliphatic hydroxyl groups is 7. The van der Waals surface area contributed by atoms with Gasteiger partial charge in [-0.25, -0.2) is 0 Å². The fourth-order valence-corrected chi connectivity index (χ4v) is 10.7. The van der Waals surface area contributed by atoms with Crippen LogP contribution in [0.2, 0.25) is 0 Å². The van der Waals surface area contributed by atoms with E-state index in [4.69, 9.17) is 9.47 Å². The van der Waals surface area contributed by atoms with Crippen molar-refractivity contribution in [2.45, 2.75) is 142 Å². The number of ether oxygens (including phenoxy) is 2. The molecule has 47 heavy (non-hydrogen) atoms. The first-order valence-electron chi connectivity index (χ1n) is 17.1. The molecule has 0 aromatic heterocycles. The monoisotopic (exact) mass is 664 g/mol. The van der Waals surface area contributed by atoms with Crippen LogP contribution in [-0.4, -0.2) is 109 Å². The van der Waals surface area contributed by atoms with Crippen molar-refractivity contribution in [2.75, 3.05) is 6.61 Å². The second-order valence-electron chi connectivity index (χ2n) is 16.8. The van der Waals surface area contributed by atoms with Gasteiger partial charge in [-0.3, -0.25) is 9.59 Å². The molecule has 0 aromatic carbocycles. The number of aliphatic hydroxyl groups excluding tert-OH is 6. The van der Waals surface area contributed by atoms with Gasteiger partial charge in [0.1, 0.15) is 36.3 Å². The smallest absolute Gasteiger partial charge is 0.187 e. The van der Waals surface area contributed by atoms with Gasteiger partial charge in [0.05, 0.1) is 24.4 Å². The van der Waals surface area contributed by atoms with Gasteiger partial charge in [0.15, 0.2) is 12.1 Å². The summed E-state index contributed by atoms with van der Waals surface area (Å²) in [7, 11) is 0. The largest absolute Gasteiger partial charge is 0.394 e. The number of rotatable bonds is 7. The van der Waals surface area contributed by atoms with Crippen molar-refractivity contribution >= 4 is 11.6 Å². The molecule has 266 valence electrons. The molecule has 3 saturated carbocycles. The highest BCUT2D eigenvalue weighted by atomic mass is 16.7. The first kappa shape index (κ1) is 36.7. The van der Waals surface area contributed by atoms with Gasteiger partial charge >= 0.3 is 0 Å². The second kappa shape index (κ2) is 12.1. The van der Waals surface area contributed by atoms with E-state index in [9.17, 15) is 45.3 Å². The van der Waals surface area contributed by atoms with Crippen molar-refractivity contribution < 1.29 is 54.8 Å². The van der Waals surface area contributed by atoms with E-state index in [1.54, 1.807) is 20.8 Å². The average molecular weight is 665 g/mol. The molecule has 15 atom stereocenters. The zero-order chi connectivity index (χ0) is 35.2. The van der Waals surface area contributed by atoms with Crippen LogP contribution in [-0.2, 0) is 19.1 Å². The van der Waals surface area contributed by atoms with E-state index in [0.29, 0.717) is 12.8 Å². The average Bonchev–Trinajstić information content (AvgIpc) is 3.19. The Kier molecular flexibility index (Phi) is 9.42. The summed E-state index contributed by atoms with van der Waals surface area (Å²) in [6.45, 7) is 14.3. The van der Waals surface area contributed by atoms with Crippen LogP contribution in [0, 0.1) is 39.4 Å². The molecular weight excluding hydrogens is 608 g/mol. The number of ketones is 2. The normalized spacial score (nSPS) is 48.0. The summed E-state index contributed by atoms with van der Waals surface area (Å²) in [5.41, 5.74) is -3.30. The molecule has 0 unspecified atom stereocenters. The first-order chi connectivity index (χ1) is 21.6. The summed E-state index contributed by atoms with van der Waals surface area (Å²) in [6.07, 6.45) is -5.71. The lowest BCUT2D eigenvalue weighted by Gasteiger charge is -2.64. The number of allylic oxidation sites excluding steroid dienone is 3. The van der Waals surface area contributed by atoms with Crippen molar-refractivity contribution in [1.29, 1.82) is 0 Å². The lowest BCUT2D eigenvalue weighted by molar-refractivity contribution is -0.311. The van der Waals surface area contributed by atoms with Crippen LogP contribution in [0.5, 0.6) is 0 Å². The zero-order valence-corrected chi connectivity index (χ0v) is 29.0. The van der Waals surface area contributed by atoms with E-state index in [2.05, 4.69) is 13.0 Å². The molecule has 0 radical (unpaired) electrons. The predicted molar refractivity (Wildman–Crippen MR) is 170 cm³/mol. The first-order valence-corrected chi connectivity index (χ1v) is 17.1. The molecule has 4 aliphatic carbocycles. The third-order valence-electron chi connectivity index (χ3n) is 13.6. The summed E-state index contributed by atoms with van der Waals surface area (Å²) >= 11 is 0. The van der Waals surface area contributed by atoms with Crippen molar-refractivity contribution in [1.82, 2.24) is 0 Å². The fraction of sp³-hybridized carbons (Fsp3) is 0.833. The van der Waals surface area contributed by atoms with Crippen LogP contribution in [0.1, 0.15) is 87.5 Å². The Morgan fingerprint density at radius 3 is 2.30 bits per heavy atom.